The van der Waals surface area contributed by atoms with E-state index in [1.165, 1.54) is 5.56 Å². The van der Waals surface area contributed by atoms with Crippen LogP contribution in [0.15, 0.2) is 18.2 Å². The van der Waals surface area contributed by atoms with Crippen LogP contribution in [0.3, 0.4) is 0 Å². The summed E-state index contributed by atoms with van der Waals surface area (Å²) in [5.74, 6) is 0. The molecule has 0 bridgehead atoms. The molecule has 0 aliphatic heterocycles. The molecule has 1 atom stereocenters. The molecular formula is C13H20Cl2N2. The first-order valence-corrected chi connectivity index (χ1v) is 6.60. The zero-order valence-electron chi connectivity index (χ0n) is 10.6. The fourth-order valence-electron chi connectivity index (χ4n) is 1.88. The van der Waals surface area contributed by atoms with E-state index < -0.39 is 0 Å². The highest BCUT2D eigenvalue weighted by Crippen LogP contribution is 2.23. The molecule has 0 saturated heterocycles. The van der Waals surface area contributed by atoms with Crippen LogP contribution in [0.25, 0.3) is 0 Å². The van der Waals surface area contributed by atoms with Crippen molar-refractivity contribution < 1.29 is 0 Å². The molecule has 17 heavy (non-hydrogen) atoms. The Labute approximate surface area is 114 Å². The lowest BCUT2D eigenvalue weighted by molar-refractivity contribution is 0.339. The molecule has 4 heteroatoms. The molecule has 1 aromatic carbocycles. The van der Waals surface area contributed by atoms with Crippen molar-refractivity contribution in [2.75, 3.05) is 27.2 Å². The van der Waals surface area contributed by atoms with Gasteiger partial charge in [-0.3, -0.25) is 0 Å². The average Bonchev–Trinajstić information content (AvgIpc) is 2.23. The van der Waals surface area contributed by atoms with E-state index in [1.807, 2.05) is 18.2 Å². The van der Waals surface area contributed by atoms with Crippen molar-refractivity contribution in [3.05, 3.63) is 33.8 Å². The largest absolute Gasteiger partial charge is 0.313 e. The van der Waals surface area contributed by atoms with Gasteiger partial charge in [-0.15, -0.1) is 0 Å². The standard InChI is InChI=1S/C13H20Cl2N2/c1-4-16-11(9-17(2)3)7-10-5-6-12(14)13(15)8-10/h5-6,8,11,16H,4,7,9H2,1-3H3. The summed E-state index contributed by atoms with van der Waals surface area (Å²) in [7, 11) is 4.17. The quantitative estimate of drug-likeness (QED) is 0.858. The predicted octanol–water partition coefficient (Wildman–Crippen LogP) is 3.08. The number of nitrogens with zero attached hydrogens (tertiary/aromatic N) is 1. The SMILES string of the molecule is CCNC(Cc1ccc(Cl)c(Cl)c1)CN(C)C. The normalized spacial score (nSPS) is 13.1. The van der Waals surface area contributed by atoms with E-state index in [-0.39, 0.29) is 0 Å². The maximum Gasteiger partial charge on any atom is 0.0595 e. The highest BCUT2D eigenvalue weighted by molar-refractivity contribution is 6.42. The lowest BCUT2D eigenvalue weighted by atomic mass is 10.1. The number of hydrogen-bond acceptors (Lipinski definition) is 2. The molecule has 1 rings (SSSR count). The first kappa shape index (κ1) is 14.8. The monoisotopic (exact) mass is 274 g/mol. The molecule has 0 aliphatic rings. The van der Waals surface area contributed by atoms with E-state index in [9.17, 15) is 0 Å². The van der Waals surface area contributed by atoms with Crippen molar-refractivity contribution in [2.45, 2.75) is 19.4 Å². The van der Waals surface area contributed by atoms with Gasteiger partial charge in [-0.2, -0.15) is 0 Å². The number of nitrogens with one attached hydrogen (secondary N) is 1. The van der Waals surface area contributed by atoms with Crippen LogP contribution in [-0.4, -0.2) is 38.1 Å². The molecule has 96 valence electrons. The van der Waals surface area contributed by atoms with Gasteiger partial charge >= 0.3 is 0 Å². The molecule has 0 spiro atoms. The van der Waals surface area contributed by atoms with Crippen LogP contribution in [0.1, 0.15) is 12.5 Å². The van der Waals surface area contributed by atoms with Crippen LogP contribution in [0, 0.1) is 0 Å². The Morgan fingerprint density at radius 1 is 1.24 bits per heavy atom. The van der Waals surface area contributed by atoms with Gasteiger partial charge in [0.15, 0.2) is 0 Å². The summed E-state index contributed by atoms with van der Waals surface area (Å²) in [5, 5.41) is 4.72. The van der Waals surface area contributed by atoms with Gasteiger partial charge in [-0.1, -0.05) is 36.2 Å². The van der Waals surface area contributed by atoms with Gasteiger partial charge < -0.3 is 10.2 Å². The highest BCUT2D eigenvalue weighted by Gasteiger charge is 2.10. The summed E-state index contributed by atoms with van der Waals surface area (Å²) < 4.78 is 0. The predicted molar refractivity (Wildman–Crippen MR) is 76.2 cm³/mol. The van der Waals surface area contributed by atoms with Crippen molar-refractivity contribution in [3.8, 4) is 0 Å². The third kappa shape index (κ3) is 5.26. The molecular weight excluding hydrogens is 255 g/mol. The maximum absolute atomic E-state index is 6.02. The van der Waals surface area contributed by atoms with Crippen molar-refractivity contribution in [1.82, 2.24) is 10.2 Å². The molecule has 0 amide bonds. The molecule has 0 radical (unpaired) electrons. The number of likely N-dealkylation sites (N-methyl/N-ethyl adjacent to an activating group) is 2. The van der Waals surface area contributed by atoms with Gasteiger partial charge in [0.05, 0.1) is 10.0 Å². The average molecular weight is 275 g/mol. The second kappa shape index (κ2) is 7.22. The third-order valence-corrected chi connectivity index (χ3v) is 3.28. The lowest BCUT2D eigenvalue weighted by Crippen LogP contribution is -2.39. The first-order valence-electron chi connectivity index (χ1n) is 5.85. The molecule has 2 nitrogen and oxygen atoms in total. The maximum atomic E-state index is 6.02. The summed E-state index contributed by atoms with van der Waals surface area (Å²) in [6.45, 7) is 4.10. The lowest BCUT2D eigenvalue weighted by Gasteiger charge is -2.22. The smallest absolute Gasteiger partial charge is 0.0595 e. The van der Waals surface area contributed by atoms with Gasteiger partial charge in [0.1, 0.15) is 0 Å². The van der Waals surface area contributed by atoms with Crippen molar-refractivity contribution >= 4 is 23.2 Å². The molecule has 0 aliphatic carbocycles. The fraction of sp³-hybridized carbons (Fsp3) is 0.538. The second-order valence-electron chi connectivity index (χ2n) is 4.47. The van der Waals surface area contributed by atoms with Gasteiger partial charge in [0.25, 0.3) is 0 Å². The van der Waals surface area contributed by atoms with Crippen LogP contribution < -0.4 is 5.32 Å². The minimum Gasteiger partial charge on any atom is -0.313 e. The number of hydrogen-bond donors (Lipinski definition) is 1. The molecule has 0 fully saturated rings. The van der Waals surface area contributed by atoms with Gasteiger partial charge in [0.2, 0.25) is 0 Å². The number of benzene rings is 1. The van der Waals surface area contributed by atoms with E-state index in [4.69, 9.17) is 23.2 Å². The van der Waals surface area contributed by atoms with Crippen molar-refractivity contribution in [1.29, 1.82) is 0 Å². The van der Waals surface area contributed by atoms with Crippen LogP contribution in [0.4, 0.5) is 0 Å². The zero-order chi connectivity index (χ0) is 12.8. The Bertz CT molecular complexity index is 353. The number of rotatable bonds is 6. The molecule has 1 N–H and O–H groups in total. The van der Waals surface area contributed by atoms with Crippen LogP contribution in [-0.2, 0) is 6.42 Å². The molecule has 0 heterocycles. The zero-order valence-corrected chi connectivity index (χ0v) is 12.1. The summed E-state index contributed by atoms with van der Waals surface area (Å²) in [6.07, 6.45) is 0.961. The van der Waals surface area contributed by atoms with Crippen molar-refractivity contribution in [3.63, 3.8) is 0 Å². The summed E-state index contributed by atoms with van der Waals surface area (Å²) >= 11 is 11.9. The summed E-state index contributed by atoms with van der Waals surface area (Å²) in [4.78, 5) is 2.19. The second-order valence-corrected chi connectivity index (χ2v) is 5.28. The Kier molecular flexibility index (Phi) is 6.28. The Morgan fingerprint density at radius 2 is 1.94 bits per heavy atom. The van der Waals surface area contributed by atoms with Crippen molar-refractivity contribution in [2.24, 2.45) is 0 Å². The first-order chi connectivity index (χ1) is 8.02. The van der Waals surface area contributed by atoms with E-state index in [2.05, 4.69) is 31.2 Å². The fourth-order valence-corrected chi connectivity index (χ4v) is 2.20. The summed E-state index contributed by atoms with van der Waals surface area (Å²) in [5.41, 5.74) is 1.22. The molecule has 0 aromatic heterocycles. The Morgan fingerprint density at radius 3 is 2.47 bits per heavy atom. The van der Waals surface area contributed by atoms with Crippen LogP contribution in [0.5, 0.6) is 0 Å². The van der Waals surface area contributed by atoms with Gasteiger partial charge in [-0.25, -0.2) is 0 Å². The highest BCUT2D eigenvalue weighted by atomic mass is 35.5. The van der Waals surface area contributed by atoms with E-state index in [0.29, 0.717) is 16.1 Å². The number of halogens is 2. The van der Waals surface area contributed by atoms with Crippen LogP contribution in [0.2, 0.25) is 10.0 Å². The Balaban J connectivity index is 2.67. The van der Waals surface area contributed by atoms with Crippen LogP contribution >= 0.6 is 23.2 Å². The molecule has 1 aromatic rings. The topological polar surface area (TPSA) is 15.3 Å². The van der Waals surface area contributed by atoms with Gasteiger partial charge in [-0.05, 0) is 44.8 Å². The van der Waals surface area contributed by atoms with E-state index in [0.717, 1.165) is 19.5 Å². The minimum absolute atomic E-state index is 0.437. The third-order valence-electron chi connectivity index (χ3n) is 2.54. The Hall–Kier alpha value is -0.280. The molecule has 1 unspecified atom stereocenters. The minimum atomic E-state index is 0.437. The van der Waals surface area contributed by atoms with E-state index >= 15 is 0 Å². The van der Waals surface area contributed by atoms with Gasteiger partial charge in [0, 0.05) is 12.6 Å². The van der Waals surface area contributed by atoms with E-state index in [1.54, 1.807) is 0 Å². The summed E-state index contributed by atoms with van der Waals surface area (Å²) in [6, 6.07) is 6.28. The molecule has 0 saturated carbocycles.